The number of β-amino-alcohol motifs (C(OH)–C–C–N with tert-alkyl or cyclic N) is 1. The molecule has 2 fully saturated rings. The van der Waals surface area contributed by atoms with Gasteiger partial charge in [0.1, 0.15) is 5.82 Å². The number of carbonyl (C=O) groups excluding carboxylic acids is 1. The van der Waals surface area contributed by atoms with Crippen LogP contribution in [0.15, 0.2) is 36.4 Å². The Labute approximate surface area is 225 Å². The van der Waals surface area contributed by atoms with Crippen molar-refractivity contribution >= 4 is 6.03 Å². The van der Waals surface area contributed by atoms with Crippen LogP contribution in [0.5, 0.6) is 0 Å². The molecule has 0 radical (unpaired) electrons. The molecule has 0 saturated carbocycles. The zero-order valence-electron chi connectivity index (χ0n) is 22.8. The molecular formula is C30H42FN3O4. The topological polar surface area (TPSA) is 99.3 Å². The number of ether oxygens (including phenoxy) is 1. The Balaban J connectivity index is 1.70. The van der Waals surface area contributed by atoms with Gasteiger partial charge in [0.25, 0.3) is 0 Å². The average molecular weight is 528 g/mol. The largest absolute Gasteiger partial charge is 0.390 e. The number of carbonyl (C=O) groups is 1. The highest BCUT2D eigenvalue weighted by molar-refractivity contribution is 5.75. The zero-order chi connectivity index (χ0) is 27.4. The Morgan fingerprint density at radius 2 is 1.87 bits per heavy atom. The summed E-state index contributed by atoms with van der Waals surface area (Å²) >= 11 is 0. The van der Waals surface area contributed by atoms with Crippen molar-refractivity contribution in [2.24, 2.45) is 11.7 Å². The van der Waals surface area contributed by atoms with Crippen LogP contribution >= 0.6 is 0 Å². The standard InChI is InChI=1S/C30H42FN3O4/c1-20-14-21(2)16-22(15-20)28-24(9-6-10-25(28)31)30(37,11-4-5-13-38-3)23-8-7-12-33(17-23)29(36)34-18-26(32)27(35)19-34/h6,9-10,14-16,23,26-27,35,37H,4-5,7-8,11-13,17-19,32H2,1-3H3/t23-,26-,27+,30+/m1/s1. The Morgan fingerprint density at radius 3 is 2.53 bits per heavy atom. The first-order valence-corrected chi connectivity index (χ1v) is 13.7. The number of likely N-dealkylation sites (tertiary alicyclic amines) is 2. The normalized spacial score (nSPS) is 23.5. The number of benzene rings is 2. The fourth-order valence-electron chi connectivity index (χ4n) is 6.21. The van der Waals surface area contributed by atoms with Gasteiger partial charge in [0, 0.05) is 57.4 Å². The molecule has 0 bridgehead atoms. The van der Waals surface area contributed by atoms with Crippen LogP contribution in [0, 0.1) is 25.6 Å². The second kappa shape index (κ2) is 12.1. The molecule has 2 aromatic rings. The number of aliphatic hydroxyl groups is 2. The van der Waals surface area contributed by atoms with Crippen LogP contribution in [0.25, 0.3) is 11.1 Å². The molecule has 7 nitrogen and oxygen atoms in total. The predicted molar refractivity (Wildman–Crippen MR) is 146 cm³/mol. The summed E-state index contributed by atoms with van der Waals surface area (Å²) in [5.41, 5.74) is 8.39. The van der Waals surface area contributed by atoms with Crippen molar-refractivity contribution in [2.75, 3.05) is 39.9 Å². The fraction of sp³-hybridized carbons (Fsp3) is 0.567. The van der Waals surface area contributed by atoms with E-state index >= 15 is 4.39 Å². The predicted octanol–water partition coefficient (Wildman–Crippen LogP) is 3.95. The Hall–Kier alpha value is -2.52. The average Bonchev–Trinajstić information content (AvgIpc) is 3.23. The van der Waals surface area contributed by atoms with E-state index in [1.54, 1.807) is 23.0 Å². The minimum absolute atomic E-state index is 0.169. The number of unbranched alkanes of at least 4 members (excludes halogenated alkanes) is 1. The third-order valence-corrected chi connectivity index (χ3v) is 8.12. The summed E-state index contributed by atoms with van der Waals surface area (Å²) in [6.07, 6.45) is 2.61. The van der Waals surface area contributed by atoms with Crippen molar-refractivity contribution in [2.45, 2.75) is 63.7 Å². The van der Waals surface area contributed by atoms with Gasteiger partial charge in [-0.25, -0.2) is 9.18 Å². The lowest BCUT2D eigenvalue weighted by molar-refractivity contribution is -0.0573. The van der Waals surface area contributed by atoms with E-state index in [2.05, 4.69) is 0 Å². The molecule has 2 saturated heterocycles. The van der Waals surface area contributed by atoms with Crippen molar-refractivity contribution < 1.29 is 24.1 Å². The maximum atomic E-state index is 15.6. The van der Waals surface area contributed by atoms with Crippen molar-refractivity contribution in [3.05, 3.63) is 58.9 Å². The first-order valence-electron chi connectivity index (χ1n) is 13.7. The number of nitrogens with zero attached hydrogens (tertiary/aromatic N) is 2. The molecule has 38 heavy (non-hydrogen) atoms. The number of aryl methyl sites for hydroxylation is 2. The summed E-state index contributed by atoms with van der Waals surface area (Å²) in [5, 5.41) is 22.6. The number of amides is 2. The number of hydrogen-bond donors (Lipinski definition) is 3. The van der Waals surface area contributed by atoms with E-state index in [1.807, 2.05) is 38.1 Å². The van der Waals surface area contributed by atoms with Gasteiger partial charge in [-0.2, -0.15) is 0 Å². The monoisotopic (exact) mass is 527 g/mol. The summed E-state index contributed by atoms with van der Waals surface area (Å²) in [7, 11) is 1.66. The molecule has 0 spiro atoms. The number of halogens is 1. The number of aliphatic hydroxyl groups excluding tert-OH is 1. The lowest BCUT2D eigenvalue weighted by Gasteiger charge is -2.44. The molecule has 4 rings (SSSR count). The van der Waals surface area contributed by atoms with Gasteiger partial charge < -0.3 is 30.5 Å². The van der Waals surface area contributed by atoms with Crippen LogP contribution in [0.1, 0.15) is 48.8 Å². The fourth-order valence-corrected chi connectivity index (χ4v) is 6.21. The summed E-state index contributed by atoms with van der Waals surface area (Å²) in [6, 6.07) is 10.3. The van der Waals surface area contributed by atoms with Gasteiger partial charge in [-0.05, 0) is 63.1 Å². The molecule has 2 aromatic carbocycles. The number of methoxy groups -OCH3 is 1. The van der Waals surface area contributed by atoms with Crippen LogP contribution in [0.3, 0.4) is 0 Å². The smallest absolute Gasteiger partial charge is 0.320 e. The molecular weight excluding hydrogens is 485 g/mol. The number of hydrogen-bond acceptors (Lipinski definition) is 5. The van der Waals surface area contributed by atoms with E-state index in [0.717, 1.165) is 36.0 Å². The van der Waals surface area contributed by atoms with Gasteiger partial charge in [-0.15, -0.1) is 0 Å². The summed E-state index contributed by atoms with van der Waals surface area (Å²) in [5.74, 6) is -0.651. The van der Waals surface area contributed by atoms with Gasteiger partial charge in [-0.3, -0.25) is 0 Å². The first kappa shape index (κ1) is 28.5. The van der Waals surface area contributed by atoms with Crippen LogP contribution in [0.2, 0.25) is 0 Å². The second-order valence-corrected chi connectivity index (χ2v) is 11.1. The van der Waals surface area contributed by atoms with E-state index in [4.69, 9.17) is 10.5 Å². The maximum absolute atomic E-state index is 15.6. The van der Waals surface area contributed by atoms with Gasteiger partial charge in [-0.1, -0.05) is 41.5 Å². The SMILES string of the molecule is COCCCC[C@@](O)(c1cccc(F)c1-c1cc(C)cc(C)c1)[C@@H]1CCCN(C(=O)N2C[C@@H](N)[C@@H](O)C2)C1. The summed E-state index contributed by atoms with van der Waals surface area (Å²) < 4.78 is 20.8. The molecule has 0 unspecified atom stereocenters. The van der Waals surface area contributed by atoms with Gasteiger partial charge >= 0.3 is 6.03 Å². The van der Waals surface area contributed by atoms with Crippen LogP contribution in [0.4, 0.5) is 9.18 Å². The lowest BCUT2D eigenvalue weighted by Crippen LogP contribution is -2.52. The summed E-state index contributed by atoms with van der Waals surface area (Å²) in [6.45, 7) is 6.00. The third-order valence-electron chi connectivity index (χ3n) is 8.12. The van der Waals surface area contributed by atoms with Crippen LogP contribution in [-0.4, -0.2) is 78.1 Å². The molecule has 208 valence electrons. The molecule has 4 N–H and O–H groups in total. The van der Waals surface area contributed by atoms with Crippen LogP contribution in [-0.2, 0) is 10.3 Å². The van der Waals surface area contributed by atoms with E-state index in [0.29, 0.717) is 50.2 Å². The van der Waals surface area contributed by atoms with Gasteiger partial charge in [0.2, 0.25) is 0 Å². The van der Waals surface area contributed by atoms with E-state index < -0.39 is 17.7 Å². The number of nitrogens with two attached hydrogens (primary N) is 1. The number of urea groups is 1. The Bertz CT molecular complexity index is 1100. The minimum Gasteiger partial charge on any atom is -0.390 e. The molecule has 0 aliphatic carbocycles. The van der Waals surface area contributed by atoms with Gasteiger partial charge in [0.15, 0.2) is 0 Å². The lowest BCUT2D eigenvalue weighted by atomic mass is 9.72. The molecule has 4 atom stereocenters. The number of piperidine rings is 1. The van der Waals surface area contributed by atoms with Crippen molar-refractivity contribution in [3.63, 3.8) is 0 Å². The molecule has 0 aromatic heterocycles. The zero-order valence-corrected chi connectivity index (χ0v) is 22.8. The molecule has 2 amide bonds. The third kappa shape index (κ3) is 6.04. The highest BCUT2D eigenvalue weighted by Gasteiger charge is 2.44. The van der Waals surface area contributed by atoms with Crippen molar-refractivity contribution in [1.82, 2.24) is 9.80 Å². The molecule has 2 heterocycles. The molecule has 8 heteroatoms. The molecule has 2 aliphatic heterocycles. The highest BCUT2D eigenvalue weighted by atomic mass is 19.1. The highest BCUT2D eigenvalue weighted by Crippen LogP contribution is 2.45. The maximum Gasteiger partial charge on any atom is 0.320 e. The molecule has 2 aliphatic rings. The van der Waals surface area contributed by atoms with E-state index in [-0.39, 0.29) is 24.3 Å². The quantitative estimate of drug-likeness (QED) is 0.452. The number of rotatable bonds is 8. The Morgan fingerprint density at radius 1 is 1.13 bits per heavy atom. The Kier molecular flexibility index (Phi) is 9.08. The summed E-state index contributed by atoms with van der Waals surface area (Å²) in [4.78, 5) is 16.7. The second-order valence-electron chi connectivity index (χ2n) is 11.1. The van der Waals surface area contributed by atoms with Gasteiger partial charge in [0.05, 0.1) is 11.7 Å². The van der Waals surface area contributed by atoms with Crippen LogP contribution < -0.4 is 5.73 Å². The minimum atomic E-state index is -1.34. The van der Waals surface area contributed by atoms with Crippen molar-refractivity contribution in [1.29, 1.82) is 0 Å². The van der Waals surface area contributed by atoms with Crippen molar-refractivity contribution in [3.8, 4) is 11.1 Å². The first-order chi connectivity index (χ1) is 18.1. The van der Waals surface area contributed by atoms with E-state index in [9.17, 15) is 15.0 Å². The van der Waals surface area contributed by atoms with E-state index in [1.165, 1.54) is 6.07 Å².